The summed E-state index contributed by atoms with van der Waals surface area (Å²) in [5.41, 5.74) is 0.896. The molecule has 1 aromatic carbocycles. The third-order valence-electron chi connectivity index (χ3n) is 5.49. The van der Waals surface area contributed by atoms with Crippen LogP contribution in [0.4, 0.5) is 5.82 Å². The fourth-order valence-electron chi connectivity index (χ4n) is 3.97. The molecule has 1 fully saturated rings. The van der Waals surface area contributed by atoms with Gasteiger partial charge in [-0.1, -0.05) is 12.1 Å². The minimum atomic E-state index is -0.232. The molecular formula is C22H28N4O3. The van der Waals surface area contributed by atoms with Crippen molar-refractivity contribution in [2.75, 3.05) is 31.1 Å². The Labute approximate surface area is 171 Å². The van der Waals surface area contributed by atoms with Gasteiger partial charge in [0.25, 0.3) is 5.91 Å². The van der Waals surface area contributed by atoms with Gasteiger partial charge < -0.3 is 19.7 Å². The molecule has 0 spiro atoms. The molecule has 2 aliphatic rings. The number of fused-ring (bicyclic) bond motifs is 1. The van der Waals surface area contributed by atoms with Gasteiger partial charge in [-0.15, -0.1) is 0 Å². The van der Waals surface area contributed by atoms with Crippen molar-refractivity contribution in [2.45, 2.75) is 38.7 Å². The van der Waals surface area contributed by atoms with E-state index < -0.39 is 0 Å². The minimum Gasteiger partial charge on any atom is -0.483 e. The molecule has 1 N–H and O–H groups in total. The van der Waals surface area contributed by atoms with Gasteiger partial charge in [-0.05, 0) is 38.7 Å². The first-order chi connectivity index (χ1) is 14.0. The summed E-state index contributed by atoms with van der Waals surface area (Å²) in [7, 11) is 0. The third-order valence-corrected chi connectivity index (χ3v) is 5.49. The first-order valence-corrected chi connectivity index (χ1v) is 10.2. The summed E-state index contributed by atoms with van der Waals surface area (Å²) >= 11 is 0. The molecule has 1 amide bonds. The van der Waals surface area contributed by atoms with E-state index in [2.05, 4.69) is 34.0 Å². The van der Waals surface area contributed by atoms with E-state index in [0.29, 0.717) is 18.2 Å². The highest BCUT2D eigenvalue weighted by Gasteiger charge is 2.32. The number of carbonyl (C=O) groups excluding carboxylic acids is 1. The third kappa shape index (κ3) is 4.78. The SMILES string of the molecule is CC1(C)Cc2cccc(OCC(=O)NCC3CCN(c4cnccn4)CC3)c2O1. The monoisotopic (exact) mass is 396 g/mol. The van der Waals surface area contributed by atoms with Crippen LogP contribution in [0.25, 0.3) is 0 Å². The lowest BCUT2D eigenvalue weighted by atomic mass is 9.97. The molecule has 29 heavy (non-hydrogen) atoms. The highest BCUT2D eigenvalue weighted by molar-refractivity contribution is 5.77. The van der Waals surface area contributed by atoms with Crippen molar-refractivity contribution >= 4 is 11.7 Å². The maximum absolute atomic E-state index is 12.3. The summed E-state index contributed by atoms with van der Waals surface area (Å²) in [5.74, 6) is 2.69. The number of aromatic nitrogens is 2. The van der Waals surface area contributed by atoms with Gasteiger partial charge in [0.15, 0.2) is 18.1 Å². The number of ether oxygens (including phenoxy) is 2. The molecule has 0 saturated carbocycles. The van der Waals surface area contributed by atoms with Gasteiger partial charge in [0.1, 0.15) is 11.4 Å². The quantitative estimate of drug-likeness (QED) is 0.809. The zero-order valence-electron chi connectivity index (χ0n) is 17.1. The molecule has 0 aliphatic carbocycles. The molecule has 154 valence electrons. The zero-order chi connectivity index (χ0) is 20.3. The van der Waals surface area contributed by atoms with Crippen LogP contribution in [-0.2, 0) is 11.2 Å². The average molecular weight is 396 g/mol. The first-order valence-electron chi connectivity index (χ1n) is 10.2. The second-order valence-electron chi connectivity index (χ2n) is 8.37. The van der Waals surface area contributed by atoms with Gasteiger partial charge >= 0.3 is 0 Å². The Morgan fingerprint density at radius 3 is 2.90 bits per heavy atom. The van der Waals surface area contributed by atoms with Crippen molar-refractivity contribution < 1.29 is 14.3 Å². The number of carbonyl (C=O) groups is 1. The molecule has 7 nitrogen and oxygen atoms in total. The van der Waals surface area contributed by atoms with Crippen LogP contribution in [0.5, 0.6) is 11.5 Å². The van der Waals surface area contributed by atoms with E-state index in [0.717, 1.165) is 49.5 Å². The standard InChI is InChI=1S/C22H28N4O3/c1-22(2)12-17-4-3-5-18(21(17)29-22)28-15-20(27)25-13-16-6-10-26(11-7-16)19-14-23-8-9-24-19/h3-5,8-9,14,16H,6-7,10-13,15H2,1-2H3,(H,25,27). The summed E-state index contributed by atoms with van der Waals surface area (Å²) in [6.45, 7) is 6.64. The molecule has 2 aliphatic heterocycles. The van der Waals surface area contributed by atoms with Crippen LogP contribution < -0.4 is 19.7 Å². The fourth-order valence-corrected chi connectivity index (χ4v) is 3.97. The van der Waals surface area contributed by atoms with Crippen molar-refractivity contribution in [2.24, 2.45) is 5.92 Å². The topological polar surface area (TPSA) is 76.6 Å². The number of hydrogen-bond acceptors (Lipinski definition) is 6. The Morgan fingerprint density at radius 1 is 1.31 bits per heavy atom. The Balaban J connectivity index is 1.21. The van der Waals surface area contributed by atoms with Crippen molar-refractivity contribution in [3.05, 3.63) is 42.4 Å². The van der Waals surface area contributed by atoms with E-state index in [4.69, 9.17) is 9.47 Å². The van der Waals surface area contributed by atoms with Crippen molar-refractivity contribution in [1.29, 1.82) is 0 Å². The van der Waals surface area contributed by atoms with Crippen molar-refractivity contribution in [3.8, 4) is 11.5 Å². The number of nitrogens with zero attached hydrogens (tertiary/aromatic N) is 3. The molecular weight excluding hydrogens is 368 g/mol. The van der Waals surface area contributed by atoms with Crippen LogP contribution in [0.15, 0.2) is 36.8 Å². The number of benzene rings is 1. The maximum Gasteiger partial charge on any atom is 0.257 e. The number of amides is 1. The lowest BCUT2D eigenvalue weighted by Crippen LogP contribution is -2.40. The summed E-state index contributed by atoms with van der Waals surface area (Å²) in [6.07, 6.45) is 8.09. The molecule has 0 radical (unpaired) electrons. The Kier molecular flexibility index (Phi) is 5.56. The van der Waals surface area contributed by atoms with E-state index in [1.165, 1.54) is 0 Å². The number of para-hydroxylation sites is 1. The van der Waals surface area contributed by atoms with Gasteiger partial charge in [-0.2, -0.15) is 0 Å². The first kappa shape index (κ1) is 19.5. The van der Waals surface area contributed by atoms with Crippen LogP contribution in [-0.4, -0.2) is 47.7 Å². The van der Waals surface area contributed by atoms with Crippen LogP contribution in [0, 0.1) is 5.92 Å². The second kappa shape index (κ2) is 8.27. The molecule has 0 bridgehead atoms. The van der Waals surface area contributed by atoms with Crippen molar-refractivity contribution in [3.63, 3.8) is 0 Å². The van der Waals surface area contributed by atoms with Gasteiger partial charge in [0.05, 0.1) is 6.20 Å². The Hall–Kier alpha value is -2.83. The predicted octanol–water partition coefficient (Wildman–Crippen LogP) is 2.60. The highest BCUT2D eigenvalue weighted by atomic mass is 16.5. The summed E-state index contributed by atoms with van der Waals surface area (Å²) in [4.78, 5) is 23.0. The van der Waals surface area contributed by atoms with Crippen LogP contribution in [0.3, 0.4) is 0 Å². The van der Waals surface area contributed by atoms with Crippen LogP contribution >= 0.6 is 0 Å². The van der Waals surface area contributed by atoms with Crippen LogP contribution in [0.1, 0.15) is 32.3 Å². The van der Waals surface area contributed by atoms with Gasteiger partial charge in [-0.3, -0.25) is 9.78 Å². The lowest BCUT2D eigenvalue weighted by molar-refractivity contribution is -0.123. The van der Waals surface area contributed by atoms with E-state index in [-0.39, 0.29) is 18.1 Å². The van der Waals surface area contributed by atoms with E-state index in [9.17, 15) is 4.79 Å². The zero-order valence-corrected chi connectivity index (χ0v) is 17.1. The molecule has 0 atom stereocenters. The second-order valence-corrected chi connectivity index (χ2v) is 8.37. The molecule has 2 aromatic rings. The smallest absolute Gasteiger partial charge is 0.257 e. The van der Waals surface area contributed by atoms with E-state index >= 15 is 0 Å². The number of nitrogens with one attached hydrogen (secondary N) is 1. The number of rotatable bonds is 6. The summed E-state index contributed by atoms with van der Waals surface area (Å²) < 4.78 is 11.7. The normalized spacial score (nSPS) is 18.1. The Morgan fingerprint density at radius 2 is 2.14 bits per heavy atom. The highest BCUT2D eigenvalue weighted by Crippen LogP contribution is 2.41. The van der Waals surface area contributed by atoms with Gasteiger partial charge in [0, 0.05) is 44.0 Å². The van der Waals surface area contributed by atoms with E-state index in [1.807, 2.05) is 18.2 Å². The van der Waals surface area contributed by atoms with Gasteiger partial charge in [-0.25, -0.2) is 4.98 Å². The summed E-state index contributed by atoms with van der Waals surface area (Å²) in [6, 6.07) is 5.85. The maximum atomic E-state index is 12.3. The minimum absolute atomic E-state index is 0.00130. The molecule has 7 heteroatoms. The average Bonchev–Trinajstić information content (AvgIpc) is 3.06. The Bertz CT molecular complexity index is 848. The summed E-state index contributed by atoms with van der Waals surface area (Å²) in [5, 5.41) is 3.01. The largest absolute Gasteiger partial charge is 0.483 e. The van der Waals surface area contributed by atoms with E-state index in [1.54, 1.807) is 18.6 Å². The molecule has 4 rings (SSSR count). The predicted molar refractivity (Wildman–Crippen MR) is 110 cm³/mol. The number of piperidine rings is 1. The number of anilines is 1. The number of hydrogen-bond donors (Lipinski definition) is 1. The molecule has 0 unspecified atom stereocenters. The lowest BCUT2D eigenvalue weighted by Gasteiger charge is -2.32. The van der Waals surface area contributed by atoms with Crippen LogP contribution in [0.2, 0.25) is 0 Å². The fraction of sp³-hybridized carbons (Fsp3) is 0.500. The van der Waals surface area contributed by atoms with Crippen molar-refractivity contribution in [1.82, 2.24) is 15.3 Å². The molecule has 3 heterocycles. The molecule has 1 aromatic heterocycles. The molecule has 1 saturated heterocycles. The van der Waals surface area contributed by atoms with Gasteiger partial charge in [0.2, 0.25) is 0 Å².